The molecule has 3 rings (SSSR count). The normalized spacial score (nSPS) is 20.6. The maximum atomic E-state index is 11.8. The van der Waals surface area contributed by atoms with Gasteiger partial charge in [0, 0.05) is 12.4 Å². The molecular weight excluding hydrogens is 364 g/mol. The molecule has 2 aromatic rings. The number of aliphatic imine (C=N–C) groups is 2. The Labute approximate surface area is 158 Å². The van der Waals surface area contributed by atoms with E-state index in [9.17, 15) is 10.2 Å². The van der Waals surface area contributed by atoms with Crippen LogP contribution in [0.4, 0.5) is 0 Å². The summed E-state index contributed by atoms with van der Waals surface area (Å²) in [6.07, 6.45) is 7.48. The Kier molecular flexibility index (Phi) is 7.23. The summed E-state index contributed by atoms with van der Waals surface area (Å²) in [5, 5.41) is 23.5. The van der Waals surface area contributed by atoms with Crippen LogP contribution in [0.2, 0.25) is 0 Å². The standard InChI is InChI=1S/C20H22N2O2.Cu/c23-19-11-5-1-7-15(19)13-21-17-9-3-4-10-18(17)22-14-16-8-2-6-12-20(16)24;/h1-2,5-8,11-14,17-18,23-24H,3-4,9-10H2;/q;+2/p-2/t17-,18-;/m0./s1. The molecule has 0 N–H and O–H groups in total. The van der Waals surface area contributed by atoms with E-state index in [4.69, 9.17) is 0 Å². The smallest absolute Gasteiger partial charge is 0.872 e. The summed E-state index contributed by atoms with van der Waals surface area (Å²) in [5.41, 5.74) is 1.21. The zero-order valence-electron chi connectivity index (χ0n) is 13.8. The molecule has 5 heteroatoms. The van der Waals surface area contributed by atoms with Crippen molar-refractivity contribution in [3.05, 3.63) is 59.7 Å². The second kappa shape index (κ2) is 9.40. The van der Waals surface area contributed by atoms with Crippen LogP contribution in [-0.4, -0.2) is 24.5 Å². The Morgan fingerprint density at radius 3 is 1.52 bits per heavy atom. The van der Waals surface area contributed by atoms with Gasteiger partial charge in [0.15, 0.2) is 0 Å². The summed E-state index contributed by atoms with van der Waals surface area (Å²) in [5.74, 6) is -0.0326. The minimum absolute atomic E-state index is 0. The van der Waals surface area contributed by atoms with Crippen molar-refractivity contribution in [2.75, 3.05) is 0 Å². The van der Waals surface area contributed by atoms with E-state index < -0.39 is 0 Å². The average Bonchev–Trinajstić information content (AvgIpc) is 2.61. The molecule has 1 fully saturated rings. The van der Waals surface area contributed by atoms with Crippen LogP contribution in [0, 0.1) is 0 Å². The van der Waals surface area contributed by atoms with Crippen molar-refractivity contribution in [1.29, 1.82) is 0 Å². The molecule has 1 aliphatic rings. The summed E-state index contributed by atoms with van der Waals surface area (Å²) in [6.45, 7) is 0. The van der Waals surface area contributed by atoms with Crippen molar-refractivity contribution < 1.29 is 27.3 Å². The first kappa shape index (κ1) is 19.2. The van der Waals surface area contributed by atoms with Gasteiger partial charge in [-0.05, 0) is 24.0 Å². The summed E-state index contributed by atoms with van der Waals surface area (Å²) in [7, 11) is 0. The van der Waals surface area contributed by atoms with Crippen molar-refractivity contribution >= 4 is 12.4 Å². The van der Waals surface area contributed by atoms with Gasteiger partial charge in [0.05, 0.1) is 12.1 Å². The van der Waals surface area contributed by atoms with E-state index in [1.807, 2.05) is 12.1 Å². The van der Waals surface area contributed by atoms with E-state index in [-0.39, 0.29) is 40.7 Å². The minimum Gasteiger partial charge on any atom is -0.872 e. The SMILES string of the molecule is [Cu+2].[O-]c1ccccc1C=N[C@H]1CCCC[C@@H]1N=Cc1ccccc1[O-]. The fraction of sp³-hybridized carbons (Fsp3) is 0.300. The number of para-hydroxylation sites is 2. The molecule has 0 heterocycles. The van der Waals surface area contributed by atoms with Gasteiger partial charge >= 0.3 is 17.1 Å². The van der Waals surface area contributed by atoms with Gasteiger partial charge in [-0.1, -0.05) is 61.4 Å². The largest absolute Gasteiger partial charge is 2.00 e. The molecule has 2 atom stereocenters. The van der Waals surface area contributed by atoms with Crippen LogP contribution in [-0.2, 0) is 17.1 Å². The molecule has 1 radical (unpaired) electrons. The molecule has 1 saturated carbocycles. The molecule has 4 nitrogen and oxygen atoms in total. The zero-order chi connectivity index (χ0) is 16.8. The summed E-state index contributed by atoms with van der Waals surface area (Å²) < 4.78 is 0. The molecule has 0 aromatic heterocycles. The number of hydrogen-bond acceptors (Lipinski definition) is 4. The Morgan fingerprint density at radius 2 is 1.12 bits per heavy atom. The quantitative estimate of drug-likeness (QED) is 0.601. The van der Waals surface area contributed by atoms with Crippen LogP contribution in [0.25, 0.3) is 0 Å². The van der Waals surface area contributed by atoms with Crippen LogP contribution >= 0.6 is 0 Å². The van der Waals surface area contributed by atoms with E-state index in [1.54, 1.807) is 48.8 Å². The van der Waals surface area contributed by atoms with Gasteiger partial charge in [-0.2, -0.15) is 0 Å². The second-order valence-electron chi connectivity index (χ2n) is 6.05. The number of rotatable bonds is 4. The van der Waals surface area contributed by atoms with Crippen LogP contribution in [0.15, 0.2) is 58.5 Å². The molecular formula is C20H20CuN2O2. The molecule has 0 unspecified atom stereocenters. The summed E-state index contributed by atoms with van der Waals surface area (Å²) in [6, 6.07) is 13.9. The molecule has 2 aromatic carbocycles. The van der Waals surface area contributed by atoms with Gasteiger partial charge in [-0.15, -0.1) is 11.5 Å². The van der Waals surface area contributed by atoms with E-state index >= 15 is 0 Å². The first-order valence-electron chi connectivity index (χ1n) is 8.32. The van der Waals surface area contributed by atoms with Gasteiger partial charge in [-0.3, -0.25) is 9.98 Å². The van der Waals surface area contributed by atoms with Crippen molar-refractivity contribution in [3.63, 3.8) is 0 Å². The van der Waals surface area contributed by atoms with Gasteiger partial charge in [0.1, 0.15) is 0 Å². The van der Waals surface area contributed by atoms with Gasteiger partial charge in [-0.25, -0.2) is 0 Å². The molecule has 0 bridgehead atoms. The maximum Gasteiger partial charge on any atom is 2.00 e. The fourth-order valence-electron chi connectivity index (χ4n) is 2.97. The maximum absolute atomic E-state index is 11.8. The molecule has 25 heavy (non-hydrogen) atoms. The third kappa shape index (κ3) is 5.18. The first-order valence-corrected chi connectivity index (χ1v) is 8.32. The van der Waals surface area contributed by atoms with Crippen molar-refractivity contribution in [2.45, 2.75) is 37.8 Å². The summed E-state index contributed by atoms with van der Waals surface area (Å²) >= 11 is 0. The van der Waals surface area contributed by atoms with Crippen molar-refractivity contribution in [2.24, 2.45) is 9.98 Å². The van der Waals surface area contributed by atoms with Crippen molar-refractivity contribution in [3.8, 4) is 11.5 Å². The minimum atomic E-state index is -0.0163. The monoisotopic (exact) mass is 383 g/mol. The van der Waals surface area contributed by atoms with Crippen LogP contribution < -0.4 is 10.2 Å². The number of hydrogen-bond donors (Lipinski definition) is 0. The predicted octanol–water partition coefficient (Wildman–Crippen LogP) is 2.68. The first-order chi connectivity index (χ1) is 11.7. The Bertz CT molecular complexity index is 682. The molecule has 1 aliphatic carbocycles. The fourth-order valence-corrected chi connectivity index (χ4v) is 2.97. The van der Waals surface area contributed by atoms with E-state index in [0.717, 1.165) is 25.7 Å². The zero-order valence-corrected chi connectivity index (χ0v) is 14.7. The van der Waals surface area contributed by atoms with Crippen LogP contribution in [0.1, 0.15) is 36.8 Å². The van der Waals surface area contributed by atoms with Gasteiger partial charge in [0.25, 0.3) is 0 Å². The molecule has 133 valence electrons. The molecule has 0 spiro atoms. The van der Waals surface area contributed by atoms with Crippen LogP contribution in [0.5, 0.6) is 11.5 Å². The Balaban J connectivity index is 0.00000225. The third-order valence-corrected chi connectivity index (χ3v) is 4.34. The molecule has 0 amide bonds. The van der Waals surface area contributed by atoms with E-state index in [1.165, 1.54) is 0 Å². The van der Waals surface area contributed by atoms with Crippen LogP contribution in [0.3, 0.4) is 0 Å². The van der Waals surface area contributed by atoms with Crippen molar-refractivity contribution in [1.82, 2.24) is 0 Å². The summed E-state index contributed by atoms with van der Waals surface area (Å²) in [4.78, 5) is 9.23. The number of benzene rings is 2. The number of nitrogens with zero attached hydrogens (tertiary/aromatic N) is 2. The third-order valence-electron chi connectivity index (χ3n) is 4.34. The predicted molar refractivity (Wildman–Crippen MR) is 93.0 cm³/mol. The molecule has 0 aliphatic heterocycles. The van der Waals surface area contributed by atoms with Gasteiger partial charge in [0.2, 0.25) is 0 Å². The van der Waals surface area contributed by atoms with Gasteiger partial charge < -0.3 is 10.2 Å². The Hall–Kier alpha value is -2.10. The second-order valence-corrected chi connectivity index (χ2v) is 6.05. The Morgan fingerprint density at radius 1 is 0.720 bits per heavy atom. The molecule has 0 saturated heterocycles. The topological polar surface area (TPSA) is 70.8 Å². The van der Waals surface area contributed by atoms with E-state index in [0.29, 0.717) is 11.1 Å². The van der Waals surface area contributed by atoms with E-state index in [2.05, 4.69) is 9.98 Å². The average molecular weight is 384 g/mol.